The minimum absolute atomic E-state index is 0.0110. The molecule has 1 aliphatic rings. The molecule has 3 aromatic rings. The van der Waals surface area contributed by atoms with Crippen LogP contribution >= 0.6 is 15.9 Å². The quantitative estimate of drug-likeness (QED) is 0.668. The van der Waals surface area contributed by atoms with Crippen LogP contribution in [-0.2, 0) is 4.79 Å². The summed E-state index contributed by atoms with van der Waals surface area (Å²) in [5, 5.41) is 3.16. The lowest BCUT2D eigenvalue weighted by atomic mass is 10.1. The number of hydrogen-bond acceptors (Lipinski definition) is 2. The molecule has 26 heavy (non-hydrogen) atoms. The zero-order chi connectivity index (χ0) is 18.1. The van der Waals surface area contributed by atoms with E-state index in [2.05, 4.69) is 50.5 Å². The summed E-state index contributed by atoms with van der Waals surface area (Å²) < 4.78 is 3.02. The van der Waals surface area contributed by atoms with Crippen LogP contribution in [0.5, 0.6) is 0 Å². The summed E-state index contributed by atoms with van der Waals surface area (Å²) in [6, 6.07) is 16.4. The van der Waals surface area contributed by atoms with Crippen LogP contribution in [-0.4, -0.2) is 15.5 Å². The zero-order valence-electron chi connectivity index (χ0n) is 14.5. The van der Waals surface area contributed by atoms with E-state index in [1.807, 2.05) is 42.0 Å². The molecule has 4 nitrogen and oxygen atoms in total. The predicted molar refractivity (Wildman–Crippen MR) is 105 cm³/mol. The van der Waals surface area contributed by atoms with E-state index in [1.54, 1.807) is 12.5 Å². The minimum Gasteiger partial charge on any atom is -0.349 e. The van der Waals surface area contributed by atoms with Crippen molar-refractivity contribution in [3.63, 3.8) is 0 Å². The van der Waals surface area contributed by atoms with E-state index in [0.29, 0.717) is 5.92 Å². The van der Waals surface area contributed by atoms with Gasteiger partial charge in [0.05, 0.1) is 12.4 Å². The molecule has 1 aromatic heterocycles. The number of rotatable bonds is 5. The van der Waals surface area contributed by atoms with Crippen molar-refractivity contribution in [1.29, 1.82) is 0 Å². The number of carbonyl (C=O) groups excluding carboxylic acids is 1. The Hall–Kier alpha value is -2.40. The van der Waals surface area contributed by atoms with Crippen molar-refractivity contribution in [3.8, 4) is 5.69 Å². The van der Waals surface area contributed by atoms with Gasteiger partial charge in [0.1, 0.15) is 0 Å². The van der Waals surface area contributed by atoms with E-state index >= 15 is 0 Å². The van der Waals surface area contributed by atoms with Crippen LogP contribution in [0.4, 0.5) is 0 Å². The van der Waals surface area contributed by atoms with Crippen LogP contribution in [0.3, 0.4) is 0 Å². The Morgan fingerprint density at radius 3 is 2.77 bits per heavy atom. The molecule has 0 saturated heterocycles. The molecule has 1 saturated carbocycles. The lowest BCUT2D eigenvalue weighted by Crippen LogP contribution is -2.28. The van der Waals surface area contributed by atoms with Gasteiger partial charge in [-0.3, -0.25) is 4.79 Å². The number of benzene rings is 2. The molecule has 1 heterocycles. The average molecular weight is 410 g/mol. The molecule has 1 amide bonds. The highest BCUT2D eigenvalue weighted by atomic mass is 79.9. The highest BCUT2D eigenvalue weighted by Crippen LogP contribution is 2.48. The highest BCUT2D eigenvalue weighted by molar-refractivity contribution is 9.10. The molecule has 3 atom stereocenters. The molecular weight excluding hydrogens is 390 g/mol. The maximum absolute atomic E-state index is 12.6. The smallest absolute Gasteiger partial charge is 0.224 e. The van der Waals surface area contributed by atoms with E-state index in [0.717, 1.165) is 22.1 Å². The fourth-order valence-electron chi connectivity index (χ4n) is 3.34. The summed E-state index contributed by atoms with van der Waals surface area (Å²) in [6.45, 7) is 2.03. The van der Waals surface area contributed by atoms with Crippen LogP contribution in [0.25, 0.3) is 5.69 Å². The number of amides is 1. The molecule has 2 aromatic carbocycles. The van der Waals surface area contributed by atoms with Crippen molar-refractivity contribution in [2.45, 2.75) is 25.3 Å². The summed E-state index contributed by atoms with van der Waals surface area (Å²) in [5.74, 6) is 0.557. The Kier molecular flexibility index (Phi) is 4.64. The lowest BCUT2D eigenvalue weighted by molar-refractivity contribution is -0.123. The Bertz CT molecular complexity index is 905. The predicted octanol–water partition coefficient (Wildman–Crippen LogP) is 4.62. The van der Waals surface area contributed by atoms with Crippen LogP contribution in [0, 0.1) is 5.92 Å². The number of aromatic nitrogens is 2. The van der Waals surface area contributed by atoms with Gasteiger partial charge in [0.25, 0.3) is 0 Å². The van der Waals surface area contributed by atoms with Crippen molar-refractivity contribution in [2.75, 3.05) is 0 Å². The van der Waals surface area contributed by atoms with E-state index in [-0.39, 0.29) is 17.9 Å². The summed E-state index contributed by atoms with van der Waals surface area (Å²) >= 11 is 3.50. The van der Waals surface area contributed by atoms with Crippen molar-refractivity contribution in [2.24, 2.45) is 5.92 Å². The second-order valence-corrected chi connectivity index (χ2v) is 7.71. The van der Waals surface area contributed by atoms with Crippen LogP contribution < -0.4 is 5.32 Å². The van der Waals surface area contributed by atoms with Gasteiger partial charge in [-0.15, -0.1) is 0 Å². The largest absolute Gasteiger partial charge is 0.349 e. The third kappa shape index (κ3) is 3.58. The minimum atomic E-state index is -0.0110. The molecule has 3 unspecified atom stereocenters. The number of imidazole rings is 1. The van der Waals surface area contributed by atoms with E-state index in [1.165, 1.54) is 5.56 Å². The molecule has 0 aliphatic heterocycles. The van der Waals surface area contributed by atoms with Gasteiger partial charge in [0.15, 0.2) is 0 Å². The number of halogens is 1. The topological polar surface area (TPSA) is 46.9 Å². The first-order valence-electron chi connectivity index (χ1n) is 8.76. The maximum atomic E-state index is 12.6. The van der Waals surface area contributed by atoms with Crippen molar-refractivity contribution in [1.82, 2.24) is 14.9 Å². The third-order valence-electron chi connectivity index (χ3n) is 4.96. The van der Waals surface area contributed by atoms with Gasteiger partial charge in [-0.2, -0.15) is 0 Å². The summed E-state index contributed by atoms with van der Waals surface area (Å²) in [4.78, 5) is 16.6. The number of nitrogens with one attached hydrogen (secondary N) is 1. The van der Waals surface area contributed by atoms with Crippen molar-refractivity contribution < 1.29 is 4.79 Å². The fourth-order valence-corrected chi connectivity index (χ4v) is 3.76. The van der Waals surface area contributed by atoms with Crippen LogP contribution in [0.1, 0.15) is 36.4 Å². The van der Waals surface area contributed by atoms with E-state index in [4.69, 9.17) is 0 Å². The Balaban J connectivity index is 1.37. The second kappa shape index (κ2) is 7.08. The summed E-state index contributed by atoms with van der Waals surface area (Å²) in [7, 11) is 0. The first-order valence-corrected chi connectivity index (χ1v) is 9.55. The molecule has 1 N–H and O–H groups in total. The molecule has 132 valence electrons. The van der Waals surface area contributed by atoms with Gasteiger partial charge in [-0.25, -0.2) is 4.98 Å². The van der Waals surface area contributed by atoms with Gasteiger partial charge < -0.3 is 9.88 Å². The van der Waals surface area contributed by atoms with E-state index < -0.39 is 0 Å². The standard InChI is InChI=1S/C21H20BrN3O/c1-14(15-5-7-18(8-6-15)25-10-9-23-13-25)24-21(26)20-12-19(20)16-3-2-4-17(22)11-16/h2-11,13-14,19-20H,12H2,1H3,(H,24,26). The van der Waals surface area contributed by atoms with Crippen LogP contribution in [0.2, 0.25) is 0 Å². The van der Waals surface area contributed by atoms with Crippen molar-refractivity contribution >= 4 is 21.8 Å². The molecule has 0 radical (unpaired) electrons. The van der Waals surface area contributed by atoms with Crippen LogP contribution in [0.15, 0.2) is 71.7 Å². The summed E-state index contributed by atoms with van der Waals surface area (Å²) in [6.07, 6.45) is 6.37. The lowest BCUT2D eigenvalue weighted by Gasteiger charge is -2.15. The van der Waals surface area contributed by atoms with Gasteiger partial charge in [0.2, 0.25) is 5.91 Å². The average Bonchev–Trinajstić information content (AvgIpc) is 3.27. The third-order valence-corrected chi connectivity index (χ3v) is 5.45. The molecule has 1 aliphatic carbocycles. The monoisotopic (exact) mass is 409 g/mol. The maximum Gasteiger partial charge on any atom is 0.224 e. The van der Waals surface area contributed by atoms with Gasteiger partial charge >= 0.3 is 0 Å². The zero-order valence-corrected chi connectivity index (χ0v) is 16.1. The molecule has 4 rings (SSSR count). The normalized spacial score (nSPS) is 19.8. The summed E-state index contributed by atoms with van der Waals surface area (Å²) in [5.41, 5.74) is 3.39. The van der Waals surface area contributed by atoms with Gasteiger partial charge in [0, 0.05) is 28.5 Å². The van der Waals surface area contributed by atoms with Gasteiger partial charge in [-0.1, -0.05) is 40.2 Å². The Morgan fingerprint density at radius 1 is 1.27 bits per heavy atom. The first-order chi connectivity index (χ1) is 12.6. The van der Waals surface area contributed by atoms with E-state index in [9.17, 15) is 4.79 Å². The molecule has 5 heteroatoms. The molecular formula is C21H20BrN3O. The SMILES string of the molecule is CC(NC(=O)C1CC1c1cccc(Br)c1)c1ccc(-n2ccnc2)cc1. The second-order valence-electron chi connectivity index (χ2n) is 6.80. The Morgan fingerprint density at radius 2 is 2.08 bits per heavy atom. The molecule has 1 fully saturated rings. The number of carbonyl (C=O) groups is 1. The fraction of sp³-hybridized carbons (Fsp3) is 0.238. The number of nitrogens with zero attached hydrogens (tertiary/aromatic N) is 2. The Labute approximate surface area is 161 Å². The number of hydrogen-bond donors (Lipinski definition) is 1. The molecule has 0 spiro atoms. The van der Waals surface area contributed by atoms with Crippen molar-refractivity contribution in [3.05, 3.63) is 82.9 Å². The van der Waals surface area contributed by atoms with Gasteiger partial charge in [-0.05, 0) is 54.7 Å². The first kappa shape index (κ1) is 17.0. The highest BCUT2D eigenvalue weighted by Gasteiger charge is 2.44. The molecule has 0 bridgehead atoms.